The fraction of sp³-hybridized carbons (Fsp3) is 0.360. The van der Waals surface area contributed by atoms with E-state index in [4.69, 9.17) is 14.2 Å². The van der Waals surface area contributed by atoms with Crippen molar-refractivity contribution in [3.63, 3.8) is 0 Å². The van der Waals surface area contributed by atoms with Crippen molar-refractivity contribution in [2.45, 2.75) is 39.0 Å². The summed E-state index contributed by atoms with van der Waals surface area (Å²) in [5, 5.41) is 0. The van der Waals surface area contributed by atoms with E-state index in [0.717, 1.165) is 4.90 Å². The van der Waals surface area contributed by atoms with Crippen molar-refractivity contribution in [2.24, 2.45) is 5.41 Å². The summed E-state index contributed by atoms with van der Waals surface area (Å²) >= 11 is 0. The minimum Gasteiger partial charge on any atom is -0.465 e. The first-order valence-electron chi connectivity index (χ1n) is 10.9. The normalized spacial score (nSPS) is 23.4. The van der Waals surface area contributed by atoms with E-state index in [0.29, 0.717) is 5.56 Å². The van der Waals surface area contributed by atoms with Gasteiger partial charge in [0.15, 0.2) is 0 Å². The zero-order chi connectivity index (χ0) is 23.8. The maximum absolute atomic E-state index is 13.4. The van der Waals surface area contributed by atoms with Gasteiger partial charge in [-0.3, -0.25) is 19.2 Å². The quantitative estimate of drug-likeness (QED) is 0.378. The fourth-order valence-electron chi connectivity index (χ4n) is 4.70. The molecular weight excluding hydrogens is 426 g/mol. The Kier molecular flexibility index (Phi) is 5.80. The van der Waals surface area contributed by atoms with Crippen molar-refractivity contribution >= 4 is 23.8 Å². The smallest absolute Gasteiger partial charge is 0.327 e. The summed E-state index contributed by atoms with van der Waals surface area (Å²) in [6.07, 6.45) is -1.47. The van der Waals surface area contributed by atoms with Crippen LogP contribution in [-0.2, 0) is 29.4 Å². The Morgan fingerprint density at radius 1 is 0.909 bits per heavy atom. The predicted octanol–water partition coefficient (Wildman–Crippen LogP) is 3.06. The Morgan fingerprint density at radius 2 is 1.39 bits per heavy atom. The van der Waals surface area contributed by atoms with Crippen LogP contribution in [0.15, 0.2) is 54.6 Å². The van der Waals surface area contributed by atoms with Gasteiger partial charge in [-0.15, -0.1) is 0 Å². The molecule has 2 aromatic rings. The number of imide groups is 1. The number of hydrogen-bond donors (Lipinski definition) is 0. The van der Waals surface area contributed by atoms with Crippen LogP contribution in [0.3, 0.4) is 0 Å². The molecule has 0 N–H and O–H groups in total. The fourth-order valence-corrected chi connectivity index (χ4v) is 4.70. The monoisotopic (exact) mass is 451 g/mol. The highest BCUT2D eigenvalue weighted by Crippen LogP contribution is 2.55. The molecule has 0 unspecified atom stereocenters. The van der Waals surface area contributed by atoms with Gasteiger partial charge < -0.3 is 14.2 Å². The van der Waals surface area contributed by atoms with Crippen LogP contribution in [0, 0.1) is 5.41 Å². The van der Waals surface area contributed by atoms with Crippen molar-refractivity contribution in [2.75, 3.05) is 13.2 Å². The van der Waals surface area contributed by atoms with Gasteiger partial charge in [0, 0.05) is 6.42 Å². The first kappa shape index (κ1) is 22.7. The number of fused-ring (bicyclic) bond motifs is 1. The number of benzene rings is 2. The average Bonchev–Trinajstić information content (AvgIpc) is 3.27. The molecule has 8 heteroatoms. The Hall–Kier alpha value is -3.52. The van der Waals surface area contributed by atoms with Crippen LogP contribution in [0.25, 0.3) is 0 Å². The zero-order valence-electron chi connectivity index (χ0n) is 18.7. The molecule has 2 heterocycles. The first-order valence-corrected chi connectivity index (χ1v) is 10.9. The molecule has 1 fully saturated rings. The molecule has 172 valence electrons. The third kappa shape index (κ3) is 3.24. The summed E-state index contributed by atoms with van der Waals surface area (Å²) < 4.78 is 17.0. The molecule has 2 amide bonds. The first-order chi connectivity index (χ1) is 15.8. The van der Waals surface area contributed by atoms with E-state index in [1.165, 1.54) is 0 Å². The van der Waals surface area contributed by atoms with Gasteiger partial charge in [0.1, 0.15) is 11.8 Å². The van der Waals surface area contributed by atoms with E-state index in [1.807, 2.05) is 0 Å². The topological polar surface area (TPSA) is 99.2 Å². The van der Waals surface area contributed by atoms with E-state index in [-0.39, 0.29) is 30.8 Å². The highest BCUT2D eigenvalue weighted by molar-refractivity contribution is 6.21. The Bertz CT molecular complexity index is 1060. The minimum atomic E-state index is -1.93. The molecule has 2 aliphatic rings. The molecule has 0 radical (unpaired) electrons. The number of ether oxygens (including phenoxy) is 3. The molecule has 1 saturated heterocycles. The lowest BCUT2D eigenvalue weighted by Gasteiger charge is -2.38. The minimum absolute atomic E-state index is 0.0303. The van der Waals surface area contributed by atoms with Crippen LogP contribution in [0.1, 0.15) is 53.5 Å². The lowest BCUT2D eigenvalue weighted by Crippen LogP contribution is -2.53. The Labute approximate surface area is 191 Å². The van der Waals surface area contributed by atoms with E-state index in [9.17, 15) is 19.2 Å². The van der Waals surface area contributed by atoms with Crippen LogP contribution in [0.5, 0.6) is 0 Å². The molecule has 2 aliphatic heterocycles. The number of carbonyl (C=O) groups is 4. The van der Waals surface area contributed by atoms with Gasteiger partial charge in [-0.25, -0.2) is 4.90 Å². The van der Waals surface area contributed by atoms with Gasteiger partial charge in [0.25, 0.3) is 11.8 Å². The molecule has 4 rings (SSSR count). The number of nitrogens with zero attached hydrogens (tertiary/aromatic N) is 1. The maximum atomic E-state index is 13.4. The number of carbonyl (C=O) groups excluding carboxylic acids is 4. The zero-order valence-corrected chi connectivity index (χ0v) is 18.7. The number of rotatable bonds is 6. The van der Waals surface area contributed by atoms with Gasteiger partial charge in [-0.1, -0.05) is 42.5 Å². The van der Waals surface area contributed by atoms with Crippen molar-refractivity contribution in [3.8, 4) is 0 Å². The largest absolute Gasteiger partial charge is 0.465 e. The molecule has 0 spiro atoms. The second-order valence-electron chi connectivity index (χ2n) is 8.05. The summed E-state index contributed by atoms with van der Waals surface area (Å²) in [4.78, 5) is 54.1. The molecule has 2 aromatic carbocycles. The van der Waals surface area contributed by atoms with Crippen molar-refractivity contribution in [1.82, 2.24) is 4.90 Å². The highest BCUT2D eigenvalue weighted by Gasteiger charge is 2.70. The van der Waals surface area contributed by atoms with E-state index in [1.54, 1.807) is 75.4 Å². The molecule has 0 aliphatic carbocycles. The summed E-state index contributed by atoms with van der Waals surface area (Å²) in [5.41, 5.74) is -2.48. The third-order valence-electron chi connectivity index (χ3n) is 6.35. The molecule has 0 bridgehead atoms. The highest BCUT2D eigenvalue weighted by atomic mass is 16.6. The molecule has 33 heavy (non-hydrogen) atoms. The van der Waals surface area contributed by atoms with Crippen LogP contribution >= 0.6 is 0 Å². The van der Waals surface area contributed by atoms with Crippen molar-refractivity contribution in [1.29, 1.82) is 0 Å². The standard InChI is InChI=1S/C25H25NO7/c1-4-31-22(29)25(23(30)32-5-2)15-19(33-24(25,3)16-11-7-6-8-12-16)26-20(27)17-13-9-10-14-18(17)21(26)28/h6-14,19H,4-5,15H2,1-3H3/t19-,24-/m1/s1. The molecule has 0 saturated carbocycles. The average molecular weight is 451 g/mol. The summed E-state index contributed by atoms with van der Waals surface area (Å²) in [6.45, 7) is 4.92. The Balaban J connectivity index is 1.86. The van der Waals surface area contributed by atoms with Gasteiger partial charge in [-0.2, -0.15) is 0 Å². The molecule has 2 atom stereocenters. The van der Waals surface area contributed by atoms with Gasteiger partial charge in [-0.05, 0) is 38.5 Å². The molecular formula is C25H25NO7. The summed E-state index contributed by atoms with van der Waals surface area (Å²) in [5.74, 6) is -2.73. The van der Waals surface area contributed by atoms with Gasteiger partial charge in [0.05, 0.1) is 24.3 Å². The third-order valence-corrected chi connectivity index (χ3v) is 6.35. The van der Waals surface area contributed by atoms with Crippen molar-refractivity contribution < 1.29 is 33.4 Å². The second-order valence-corrected chi connectivity index (χ2v) is 8.05. The van der Waals surface area contributed by atoms with Crippen LogP contribution in [0.2, 0.25) is 0 Å². The lowest BCUT2D eigenvalue weighted by atomic mass is 9.68. The number of amides is 2. The van der Waals surface area contributed by atoms with E-state index >= 15 is 0 Å². The van der Waals surface area contributed by atoms with Crippen LogP contribution in [-0.4, -0.2) is 48.1 Å². The summed E-state index contributed by atoms with van der Waals surface area (Å²) in [7, 11) is 0. The predicted molar refractivity (Wildman–Crippen MR) is 116 cm³/mol. The van der Waals surface area contributed by atoms with Crippen molar-refractivity contribution in [3.05, 3.63) is 71.3 Å². The van der Waals surface area contributed by atoms with E-state index < -0.39 is 41.0 Å². The summed E-state index contributed by atoms with van der Waals surface area (Å²) in [6, 6.07) is 15.2. The van der Waals surface area contributed by atoms with Gasteiger partial charge in [0.2, 0.25) is 5.41 Å². The molecule has 0 aromatic heterocycles. The number of hydrogen-bond acceptors (Lipinski definition) is 7. The molecule has 8 nitrogen and oxygen atoms in total. The maximum Gasteiger partial charge on any atom is 0.327 e. The Morgan fingerprint density at radius 3 is 1.88 bits per heavy atom. The van der Waals surface area contributed by atoms with Crippen LogP contribution in [0.4, 0.5) is 0 Å². The second kappa shape index (κ2) is 8.44. The van der Waals surface area contributed by atoms with E-state index in [2.05, 4.69) is 0 Å². The SMILES string of the molecule is CCOC(=O)C1(C(=O)OCC)C[C@H](N2C(=O)c3ccccc3C2=O)O[C@]1(C)c1ccccc1. The van der Waals surface area contributed by atoms with Crippen LogP contribution < -0.4 is 0 Å². The van der Waals surface area contributed by atoms with Gasteiger partial charge >= 0.3 is 11.9 Å². The number of esters is 2. The lowest BCUT2D eigenvalue weighted by molar-refractivity contribution is -0.187.